The van der Waals surface area contributed by atoms with Crippen molar-refractivity contribution in [2.24, 2.45) is 5.92 Å². The van der Waals surface area contributed by atoms with Crippen LogP contribution in [0.1, 0.15) is 53.3 Å². The molecule has 0 unspecified atom stereocenters. The summed E-state index contributed by atoms with van der Waals surface area (Å²) in [5.41, 5.74) is 2.30. The second-order valence-electron chi connectivity index (χ2n) is 6.45. The zero-order valence-corrected chi connectivity index (χ0v) is 15.0. The van der Waals surface area contributed by atoms with Crippen molar-refractivity contribution in [3.05, 3.63) is 41.2 Å². The summed E-state index contributed by atoms with van der Waals surface area (Å²) in [5.74, 6) is 0.771. The summed E-state index contributed by atoms with van der Waals surface area (Å²) >= 11 is 0. The van der Waals surface area contributed by atoms with Crippen molar-refractivity contribution in [2.45, 2.75) is 46.3 Å². The van der Waals surface area contributed by atoms with E-state index in [4.69, 9.17) is 4.74 Å². The maximum Gasteiger partial charge on any atom is 0.254 e. The van der Waals surface area contributed by atoms with E-state index in [0.717, 1.165) is 31.6 Å². The second kappa shape index (κ2) is 7.74. The van der Waals surface area contributed by atoms with Gasteiger partial charge in [-0.25, -0.2) is 9.97 Å². The monoisotopic (exact) mass is 343 g/mol. The number of aryl methyl sites for hydroxylation is 3. The van der Waals surface area contributed by atoms with E-state index < -0.39 is 0 Å². The fourth-order valence-electron chi connectivity index (χ4n) is 3.25. The van der Waals surface area contributed by atoms with Crippen LogP contribution in [0.5, 0.6) is 0 Å². The molecule has 1 saturated heterocycles. The molecule has 2 atom stereocenters. The fraction of sp³-hybridized carbons (Fsp3) is 0.556. The first-order valence-corrected chi connectivity index (χ1v) is 8.81. The largest absolute Gasteiger partial charge is 0.373 e. The molecular formula is C18H25N5O2. The average Bonchev–Trinajstić information content (AvgIpc) is 3.09. The van der Waals surface area contributed by atoms with Gasteiger partial charge in [-0.05, 0) is 33.6 Å². The van der Waals surface area contributed by atoms with Crippen molar-refractivity contribution in [3.8, 4) is 0 Å². The third kappa shape index (κ3) is 4.04. The van der Waals surface area contributed by atoms with Crippen LogP contribution in [-0.4, -0.2) is 38.8 Å². The van der Waals surface area contributed by atoms with Crippen LogP contribution >= 0.6 is 0 Å². The van der Waals surface area contributed by atoms with Crippen LogP contribution in [0.25, 0.3) is 0 Å². The SMILES string of the molecule is CCn1cc([C@@H]2OCCC[C@H]2CNC(=O)c2cnc(C)nc2C)cn1. The molecule has 0 spiro atoms. The van der Waals surface area contributed by atoms with Gasteiger partial charge in [0.15, 0.2) is 0 Å². The Hall–Kier alpha value is -2.28. The smallest absolute Gasteiger partial charge is 0.254 e. The van der Waals surface area contributed by atoms with Crippen LogP contribution in [-0.2, 0) is 11.3 Å². The summed E-state index contributed by atoms with van der Waals surface area (Å²) in [5, 5.41) is 7.36. The van der Waals surface area contributed by atoms with Crippen molar-refractivity contribution in [3.63, 3.8) is 0 Å². The molecule has 0 aliphatic carbocycles. The predicted octanol–water partition coefficient (Wildman–Crippen LogP) is 2.21. The zero-order valence-electron chi connectivity index (χ0n) is 15.0. The highest BCUT2D eigenvalue weighted by Crippen LogP contribution is 2.33. The highest BCUT2D eigenvalue weighted by molar-refractivity contribution is 5.94. The van der Waals surface area contributed by atoms with E-state index in [9.17, 15) is 4.79 Å². The Morgan fingerprint density at radius 1 is 1.40 bits per heavy atom. The molecule has 7 heteroatoms. The molecule has 2 aromatic rings. The quantitative estimate of drug-likeness (QED) is 0.900. The van der Waals surface area contributed by atoms with Crippen molar-refractivity contribution >= 4 is 5.91 Å². The highest BCUT2D eigenvalue weighted by atomic mass is 16.5. The van der Waals surface area contributed by atoms with Crippen LogP contribution in [0, 0.1) is 19.8 Å². The van der Waals surface area contributed by atoms with Crippen molar-refractivity contribution < 1.29 is 9.53 Å². The molecule has 3 heterocycles. The van der Waals surface area contributed by atoms with Gasteiger partial charge < -0.3 is 10.1 Å². The lowest BCUT2D eigenvalue weighted by Gasteiger charge is -2.31. The molecule has 0 aromatic carbocycles. The molecule has 1 N–H and O–H groups in total. The Bertz CT molecular complexity index is 743. The molecule has 0 radical (unpaired) electrons. The second-order valence-corrected chi connectivity index (χ2v) is 6.45. The minimum atomic E-state index is -0.133. The number of hydrogen-bond donors (Lipinski definition) is 1. The number of carbonyl (C=O) groups excluding carboxylic acids is 1. The molecule has 7 nitrogen and oxygen atoms in total. The minimum absolute atomic E-state index is 0.0234. The van der Waals surface area contributed by atoms with E-state index in [1.54, 1.807) is 6.20 Å². The zero-order chi connectivity index (χ0) is 17.8. The maximum atomic E-state index is 12.5. The van der Waals surface area contributed by atoms with E-state index >= 15 is 0 Å². The molecular weight excluding hydrogens is 318 g/mol. The number of aromatic nitrogens is 4. The lowest BCUT2D eigenvalue weighted by atomic mass is 9.90. The van der Waals surface area contributed by atoms with Crippen molar-refractivity contribution in [1.82, 2.24) is 25.1 Å². The Kier molecular flexibility index (Phi) is 5.43. The number of rotatable bonds is 5. The Balaban J connectivity index is 1.66. The molecule has 2 aromatic heterocycles. The summed E-state index contributed by atoms with van der Waals surface area (Å²) in [6.07, 6.45) is 7.49. The summed E-state index contributed by atoms with van der Waals surface area (Å²) < 4.78 is 7.88. The molecule has 25 heavy (non-hydrogen) atoms. The first-order chi connectivity index (χ1) is 12.1. The first kappa shape index (κ1) is 17.5. The summed E-state index contributed by atoms with van der Waals surface area (Å²) in [4.78, 5) is 20.8. The highest BCUT2D eigenvalue weighted by Gasteiger charge is 2.29. The van der Waals surface area contributed by atoms with Crippen molar-refractivity contribution in [1.29, 1.82) is 0 Å². The number of ether oxygens (including phenoxy) is 1. The summed E-state index contributed by atoms with van der Waals surface area (Å²) in [6.45, 7) is 7.85. The van der Waals surface area contributed by atoms with Gasteiger partial charge in [-0.1, -0.05) is 0 Å². The standard InChI is InChI=1S/C18H25N5O2/c1-4-23-11-15(9-21-23)17-14(6-5-7-25-17)8-20-18(24)16-10-19-13(3)22-12(16)2/h9-11,14,17H,4-8H2,1-3H3,(H,20,24)/t14-,17+/m0/s1. The summed E-state index contributed by atoms with van der Waals surface area (Å²) in [7, 11) is 0. The number of nitrogens with one attached hydrogen (secondary N) is 1. The first-order valence-electron chi connectivity index (χ1n) is 8.81. The third-order valence-corrected chi connectivity index (χ3v) is 4.62. The van der Waals surface area contributed by atoms with Gasteiger partial charge in [-0.3, -0.25) is 9.48 Å². The van der Waals surface area contributed by atoms with E-state index in [1.807, 2.05) is 30.9 Å². The normalized spacial score (nSPS) is 20.4. The van der Waals surface area contributed by atoms with Crippen LogP contribution in [0.2, 0.25) is 0 Å². The lowest BCUT2D eigenvalue weighted by molar-refractivity contribution is -0.0273. The maximum absolute atomic E-state index is 12.5. The van der Waals surface area contributed by atoms with Gasteiger partial charge in [-0.2, -0.15) is 5.10 Å². The van der Waals surface area contributed by atoms with Gasteiger partial charge in [0.2, 0.25) is 0 Å². The molecule has 1 aliphatic rings. The topological polar surface area (TPSA) is 81.9 Å². The Morgan fingerprint density at radius 3 is 2.96 bits per heavy atom. The number of carbonyl (C=O) groups is 1. The van der Waals surface area contributed by atoms with E-state index in [2.05, 4.69) is 27.3 Å². The van der Waals surface area contributed by atoms with E-state index in [0.29, 0.717) is 23.6 Å². The number of amides is 1. The van der Waals surface area contributed by atoms with Gasteiger partial charge in [0.1, 0.15) is 5.82 Å². The number of hydrogen-bond acceptors (Lipinski definition) is 5. The van der Waals surface area contributed by atoms with Crippen LogP contribution in [0.15, 0.2) is 18.6 Å². The molecule has 0 saturated carbocycles. The van der Waals surface area contributed by atoms with Gasteiger partial charge in [-0.15, -0.1) is 0 Å². The summed E-state index contributed by atoms with van der Waals surface area (Å²) in [6, 6.07) is 0. The molecule has 1 fully saturated rings. The average molecular weight is 343 g/mol. The number of nitrogens with zero attached hydrogens (tertiary/aromatic N) is 4. The minimum Gasteiger partial charge on any atom is -0.373 e. The Morgan fingerprint density at radius 2 is 2.24 bits per heavy atom. The Labute approximate surface area is 147 Å². The van der Waals surface area contributed by atoms with Gasteiger partial charge >= 0.3 is 0 Å². The van der Waals surface area contributed by atoms with Gasteiger partial charge in [0.05, 0.1) is 23.6 Å². The van der Waals surface area contributed by atoms with Crippen LogP contribution in [0.3, 0.4) is 0 Å². The molecule has 0 bridgehead atoms. The molecule has 1 amide bonds. The van der Waals surface area contributed by atoms with E-state index in [-0.39, 0.29) is 17.9 Å². The van der Waals surface area contributed by atoms with Crippen molar-refractivity contribution in [2.75, 3.05) is 13.2 Å². The van der Waals surface area contributed by atoms with Gasteiger partial charge in [0.25, 0.3) is 5.91 Å². The van der Waals surface area contributed by atoms with Crippen LogP contribution in [0.4, 0.5) is 0 Å². The predicted molar refractivity (Wildman–Crippen MR) is 93.2 cm³/mol. The molecule has 1 aliphatic heterocycles. The third-order valence-electron chi connectivity index (χ3n) is 4.62. The fourth-order valence-corrected chi connectivity index (χ4v) is 3.25. The van der Waals surface area contributed by atoms with Gasteiger partial charge in [0, 0.05) is 43.6 Å². The molecule has 134 valence electrons. The lowest BCUT2D eigenvalue weighted by Crippen LogP contribution is -2.35. The molecule has 3 rings (SSSR count). The van der Waals surface area contributed by atoms with E-state index in [1.165, 1.54) is 0 Å². The van der Waals surface area contributed by atoms with Crippen LogP contribution < -0.4 is 5.32 Å².